The van der Waals surface area contributed by atoms with Gasteiger partial charge in [0.2, 0.25) is 0 Å². The van der Waals surface area contributed by atoms with E-state index in [9.17, 15) is 4.79 Å². The Balaban J connectivity index is 1.03. The van der Waals surface area contributed by atoms with Gasteiger partial charge in [-0.25, -0.2) is 15.1 Å². The fraction of sp³-hybridized carbons (Fsp3) is 0.581. The highest BCUT2D eigenvalue weighted by Crippen LogP contribution is 2.48. The number of halogens is 1. The first-order valence-corrected chi connectivity index (χ1v) is 18.6. The third-order valence-electron chi connectivity index (χ3n) is 8.95. The minimum Gasteiger partial charge on any atom is -0.461 e. The summed E-state index contributed by atoms with van der Waals surface area (Å²) in [5, 5.41) is 7.17. The lowest BCUT2D eigenvalue weighted by Gasteiger charge is -2.25. The van der Waals surface area contributed by atoms with Crippen LogP contribution in [0, 0.1) is 5.92 Å². The number of esters is 1. The summed E-state index contributed by atoms with van der Waals surface area (Å²) in [6, 6.07) is 9.67. The molecule has 242 valence electrons. The molecule has 1 aliphatic heterocycles. The summed E-state index contributed by atoms with van der Waals surface area (Å²) >= 11 is 7.67. The maximum absolute atomic E-state index is 13.2. The Kier molecular flexibility index (Phi) is 9.43. The molecule has 3 aromatic rings. The van der Waals surface area contributed by atoms with Crippen LogP contribution in [0.5, 0.6) is 5.75 Å². The molecule has 3 heterocycles. The van der Waals surface area contributed by atoms with Crippen molar-refractivity contribution in [3.8, 4) is 5.75 Å². The number of hydrogen-bond donors (Lipinski definition) is 2. The first-order chi connectivity index (χ1) is 21.9. The highest BCUT2D eigenvalue weighted by molar-refractivity contribution is 7.96. The van der Waals surface area contributed by atoms with Gasteiger partial charge in [0.25, 0.3) is 0 Å². The van der Waals surface area contributed by atoms with Crippen LogP contribution in [-0.4, -0.2) is 57.2 Å². The molecule has 1 saturated heterocycles. The van der Waals surface area contributed by atoms with Crippen molar-refractivity contribution >= 4 is 54.9 Å². The first-order valence-electron chi connectivity index (χ1n) is 15.8. The Labute approximate surface area is 274 Å². The van der Waals surface area contributed by atoms with E-state index in [2.05, 4.69) is 42.5 Å². The summed E-state index contributed by atoms with van der Waals surface area (Å²) in [6.45, 7) is 2.50. The molecule has 4 aliphatic rings. The zero-order valence-corrected chi connectivity index (χ0v) is 28.0. The molecule has 1 aromatic carbocycles. The zero-order chi connectivity index (χ0) is 31.0. The molecule has 7 rings (SSSR count). The number of hydrazine groups is 1. The molecule has 0 amide bonds. The van der Waals surface area contributed by atoms with Crippen molar-refractivity contribution < 1.29 is 23.3 Å². The molecule has 3 aliphatic carbocycles. The predicted octanol–water partition coefficient (Wildman–Crippen LogP) is 6.69. The van der Waals surface area contributed by atoms with E-state index < -0.39 is 14.1 Å². The van der Waals surface area contributed by atoms with Crippen LogP contribution in [0.1, 0.15) is 70.9 Å². The summed E-state index contributed by atoms with van der Waals surface area (Å²) in [5.41, 5.74) is 0.0759. The van der Waals surface area contributed by atoms with Gasteiger partial charge in [0.15, 0.2) is 5.82 Å². The Hall–Kier alpha value is -2.18. The average molecular weight is 675 g/mol. The molecule has 0 spiro atoms. The summed E-state index contributed by atoms with van der Waals surface area (Å²) in [5.74, 6) is 1.52. The van der Waals surface area contributed by atoms with Crippen LogP contribution in [0.2, 0.25) is 5.02 Å². The molecule has 2 N–H and O–H groups in total. The number of nitrogens with zero attached hydrogens (tertiary/aromatic N) is 4. The number of benzene rings is 1. The normalized spacial score (nSPS) is 25.0. The van der Waals surface area contributed by atoms with Gasteiger partial charge >= 0.3 is 14.5 Å². The molecule has 11 nitrogen and oxygen atoms in total. The Morgan fingerprint density at radius 2 is 1.96 bits per heavy atom. The highest BCUT2D eigenvalue weighted by atomic mass is 35.5. The van der Waals surface area contributed by atoms with Gasteiger partial charge in [-0.05, 0) is 94.4 Å². The van der Waals surface area contributed by atoms with Crippen molar-refractivity contribution in [2.75, 3.05) is 17.9 Å². The van der Waals surface area contributed by atoms with E-state index in [1.807, 2.05) is 12.5 Å². The first kappa shape index (κ1) is 31.4. The number of anilines is 1. The van der Waals surface area contributed by atoms with Crippen molar-refractivity contribution in [1.29, 1.82) is 0 Å². The summed E-state index contributed by atoms with van der Waals surface area (Å²) < 4.78 is 27.2. The minimum atomic E-state index is -1.67. The number of nitrogens with one attached hydrogen (secondary N) is 2. The summed E-state index contributed by atoms with van der Waals surface area (Å²) in [7, 11) is -1.67. The molecule has 0 bridgehead atoms. The van der Waals surface area contributed by atoms with Gasteiger partial charge in [-0.3, -0.25) is 9.80 Å². The smallest absolute Gasteiger partial charge is 0.327 e. The van der Waals surface area contributed by atoms with Crippen LogP contribution in [0.4, 0.5) is 5.82 Å². The van der Waals surface area contributed by atoms with Crippen molar-refractivity contribution in [1.82, 2.24) is 24.5 Å². The van der Waals surface area contributed by atoms with E-state index in [1.54, 1.807) is 42.5 Å². The minimum absolute atomic E-state index is 0.0103. The van der Waals surface area contributed by atoms with Crippen molar-refractivity contribution in [3.05, 3.63) is 47.9 Å². The zero-order valence-electron chi connectivity index (χ0n) is 25.6. The topological polar surface area (TPSA) is 112 Å². The van der Waals surface area contributed by atoms with Gasteiger partial charge < -0.3 is 23.1 Å². The van der Waals surface area contributed by atoms with E-state index in [-0.39, 0.29) is 30.3 Å². The molecule has 3 unspecified atom stereocenters. The van der Waals surface area contributed by atoms with Gasteiger partial charge in [-0.1, -0.05) is 30.5 Å². The Morgan fingerprint density at radius 3 is 2.67 bits per heavy atom. The number of hydrogen-bond acceptors (Lipinski definition) is 11. The fourth-order valence-corrected chi connectivity index (χ4v) is 8.20. The van der Waals surface area contributed by atoms with Gasteiger partial charge in [0.1, 0.15) is 35.6 Å². The number of ether oxygens (including phenoxy) is 2. The predicted molar refractivity (Wildman–Crippen MR) is 176 cm³/mol. The second-order valence-electron chi connectivity index (χ2n) is 12.5. The van der Waals surface area contributed by atoms with E-state index in [0.29, 0.717) is 36.3 Å². The summed E-state index contributed by atoms with van der Waals surface area (Å²) in [4.78, 5) is 25.9. The summed E-state index contributed by atoms with van der Waals surface area (Å²) in [6.07, 6.45) is 13.9. The molecule has 2 aromatic heterocycles. The third-order valence-corrected chi connectivity index (χ3v) is 10.9. The maximum atomic E-state index is 13.2. The van der Waals surface area contributed by atoms with Crippen LogP contribution >= 0.6 is 32.1 Å². The lowest BCUT2D eigenvalue weighted by atomic mass is 10.1. The van der Waals surface area contributed by atoms with E-state index in [1.165, 1.54) is 0 Å². The monoisotopic (exact) mass is 674 g/mol. The molecular formula is C31H40ClN6O5PS. The molecule has 4 atom stereocenters. The molecule has 14 heteroatoms. The largest absolute Gasteiger partial charge is 0.461 e. The molecule has 0 radical (unpaired) electrons. The molecule has 4 fully saturated rings. The number of rotatable bonds is 14. The second-order valence-corrected chi connectivity index (χ2v) is 14.7. The van der Waals surface area contributed by atoms with E-state index in [4.69, 9.17) is 30.1 Å². The van der Waals surface area contributed by atoms with Gasteiger partial charge in [-0.2, -0.15) is 4.83 Å². The van der Waals surface area contributed by atoms with Gasteiger partial charge in [0.05, 0.1) is 18.1 Å². The van der Waals surface area contributed by atoms with Gasteiger partial charge in [-0.15, -0.1) is 0 Å². The van der Waals surface area contributed by atoms with Crippen LogP contribution in [0.3, 0.4) is 0 Å². The lowest BCUT2D eigenvalue weighted by molar-refractivity contribution is -0.152. The standard InChI is InChI=1S/C31H40ClN6O5PS/c1-20-17-25(41-29(20)37-16-13-26-27(37)33-19-34-28(26)38(36-45-2)22-9-10-22)18-40-44(43-24-11-7-21(32)8-12-24)35-31(14-15-31)30(39)42-23-5-3-4-6-23/h7-8,11-13,16,19-20,22-23,25,29,35-36H,3-6,9-10,14-15,17-18H2,1-2H3/t20?,25?,29-,44?/m1/s1. The molecule has 45 heavy (non-hydrogen) atoms. The van der Waals surface area contributed by atoms with Crippen molar-refractivity contribution in [2.45, 2.75) is 94.7 Å². The average Bonchev–Trinajstić information content (AvgIpc) is 3.89. The third kappa shape index (κ3) is 7.07. The highest BCUT2D eigenvalue weighted by Gasteiger charge is 2.54. The number of aromatic nitrogens is 3. The number of carbonyl (C=O) groups excluding carboxylic acids is 1. The van der Waals surface area contributed by atoms with E-state index in [0.717, 1.165) is 61.8 Å². The van der Waals surface area contributed by atoms with Crippen LogP contribution < -0.4 is 19.5 Å². The van der Waals surface area contributed by atoms with Crippen LogP contribution in [0.15, 0.2) is 42.9 Å². The number of carbonyl (C=O) groups is 1. The SMILES string of the molecule is CSNN(c1ncnc2c1ccn2[C@@H]1OC(COP(NC2(C(=O)OC3CCCC3)CC2)Oc2ccc(Cl)cc2)CC1C)C1CC1. The number of fused-ring (bicyclic) bond motifs is 1. The fourth-order valence-electron chi connectivity index (χ4n) is 6.20. The van der Waals surface area contributed by atoms with E-state index >= 15 is 0 Å². The maximum Gasteiger partial charge on any atom is 0.327 e. The van der Waals surface area contributed by atoms with Crippen molar-refractivity contribution in [3.63, 3.8) is 0 Å². The molecular weight excluding hydrogens is 635 g/mol. The van der Waals surface area contributed by atoms with Gasteiger partial charge in [0, 0.05) is 23.2 Å². The molecule has 3 saturated carbocycles. The Bertz CT molecular complexity index is 1480. The van der Waals surface area contributed by atoms with Crippen LogP contribution in [-0.2, 0) is 18.8 Å². The Morgan fingerprint density at radius 1 is 1.18 bits per heavy atom. The quantitative estimate of drug-likeness (QED) is 0.0826. The van der Waals surface area contributed by atoms with Crippen molar-refractivity contribution in [2.24, 2.45) is 5.92 Å². The lowest BCUT2D eigenvalue weighted by Crippen LogP contribution is -2.40. The van der Waals surface area contributed by atoms with Crippen LogP contribution in [0.25, 0.3) is 11.0 Å². The second kappa shape index (κ2) is 13.5.